The fourth-order valence-corrected chi connectivity index (χ4v) is 1.20. The van der Waals surface area contributed by atoms with Crippen molar-refractivity contribution in [1.82, 2.24) is 10.4 Å². The Bertz CT molecular complexity index is 276. The van der Waals surface area contributed by atoms with Gasteiger partial charge in [-0.3, -0.25) is 14.6 Å². The number of nitrogens with one attached hydrogen (secondary N) is 1. The molecule has 0 bridgehead atoms. The van der Waals surface area contributed by atoms with Gasteiger partial charge in [0.15, 0.2) is 6.04 Å². The summed E-state index contributed by atoms with van der Waals surface area (Å²) in [5.41, 5.74) is 1.01. The lowest BCUT2D eigenvalue weighted by Crippen LogP contribution is -2.52. The molecular weight excluding hydrogens is 213 g/mol. The van der Waals surface area contributed by atoms with E-state index in [1.165, 1.54) is 20.8 Å². The number of amides is 1. The lowest BCUT2D eigenvalue weighted by Gasteiger charge is -2.31. The number of ketones is 1. The number of hydrazine groups is 1. The first kappa shape index (κ1) is 12.0. The van der Waals surface area contributed by atoms with Gasteiger partial charge in [0, 0.05) is 0 Å². The smallest absolute Gasteiger partial charge is 0.286 e. The Hall–Kier alpha value is -1.11. The van der Waals surface area contributed by atoms with Crippen molar-refractivity contribution in [2.75, 3.05) is 0 Å². The SMILES string of the molecule is CC(C)(C)N1NC(C(F)(F)F)C(=O)C1=O. The lowest BCUT2D eigenvalue weighted by molar-refractivity contribution is -0.165. The van der Waals surface area contributed by atoms with Gasteiger partial charge in [0.1, 0.15) is 0 Å². The standard InChI is InChI=1S/C8H11F3N2O2/c1-7(2,3)13-6(15)4(14)5(12-13)8(9,10)11/h5,12H,1-3H3. The number of alkyl halides is 3. The molecule has 0 spiro atoms. The molecule has 0 aliphatic carbocycles. The van der Waals surface area contributed by atoms with E-state index in [4.69, 9.17) is 0 Å². The Labute approximate surface area is 84.4 Å². The third kappa shape index (κ3) is 2.11. The van der Waals surface area contributed by atoms with Crippen LogP contribution >= 0.6 is 0 Å². The first-order valence-electron chi connectivity index (χ1n) is 4.26. The average Bonchev–Trinajstić information content (AvgIpc) is 2.26. The van der Waals surface area contributed by atoms with Crippen molar-refractivity contribution in [1.29, 1.82) is 0 Å². The summed E-state index contributed by atoms with van der Waals surface area (Å²) in [6.07, 6.45) is -4.74. The van der Waals surface area contributed by atoms with Gasteiger partial charge in [-0.15, -0.1) is 0 Å². The van der Waals surface area contributed by atoms with E-state index in [0.717, 1.165) is 0 Å². The molecule has 4 nitrogen and oxygen atoms in total. The maximum absolute atomic E-state index is 12.3. The largest absolute Gasteiger partial charge is 0.413 e. The highest BCUT2D eigenvalue weighted by Gasteiger charge is 2.55. The minimum absolute atomic E-state index is 0.716. The van der Waals surface area contributed by atoms with E-state index in [2.05, 4.69) is 0 Å². The Morgan fingerprint density at radius 1 is 1.20 bits per heavy atom. The minimum Gasteiger partial charge on any atom is -0.286 e. The zero-order valence-electron chi connectivity index (χ0n) is 8.47. The molecule has 1 saturated heterocycles. The van der Waals surface area contributed by atoms with Crippen LogP contribution < -0.4 is 5.43 Å². The molecule has 1 rings (SSSR count). The number of nitrogens with zero attached hydrogens (tertiary/aromatic N) is 1. The summed E-state index contributed by atoms with van der Waals surface area (Å²) in [4.78, 5) is 22.3. The Kier molecular flexibility index (Phi) is 2.55. The van der Waals surface area contributed by atoms with Crippen LogP contribution in [-0.4, -0.2) is 34.5 Å². The van der Waals surface area contributed by atoms with Gasteiger partial charge in [-0.1, -0.05) is 0 Å². The third-order valence-corrected chi connectivity index (χ3v) is 1.93. The van der Waals surface area contributed by atoms with E-state index in [9.17, 15) is 22.8 Å². The van der Waals surface area contributed by atoms with Gasteiger partial charge in [-0.25, -0.2) is 5.43 Å². The second-order valence-electron chi connectivity index (χ2n) is 4.28. The predicted octanol–water partition coefficient (Wildman–Crippen LogP) is 0.632. The zero-order valence-corrected chi connectivity index (χ0v) is 8.47. The van der Waals surface area contributed by atoms with Crippen molar-refractivity contribution in [3.05, 3.63) is 0 Å². The van der Waals surface area contributed by atoms with Gasteiger partial charge in [-0.2, -0.15) is 13.2 Å². The van der Waals surface area contributed by atoms with E-state index in [1.807, 2.05) is 5.43 Å². The summed E-state index contributed by atoms with van der Waals surface area (Å²) in [7, 11) is 0. The van der Waals surface area contributed by atoms with Crippen LogP contribution in [0.5, 0.6) is 0 Å². The van der Waals surface area contributed by atoms with Crippen LogP contribution in [0.1, 0.15) is 20.8 Å². The van der Waals surface area contributed by atoms with Crippen LogP contribution in [0.25, 0.3) is 0 Å². The molecule has 1 fully saturated rings. The fourth-order valence-electron chi connectivity index (χ4n) is 1.20. The molecule has 1 aliphatic heterocycles. The van der Waals surface area contributed by atoms with Crippen LogP contribution in [-0.2, 0) is 9.59 Å². The maximum Gasteiger partial charge on any atom is 0.413 e. The number of Topliss-reactive ketones (excluding diaryl/α,β-unsaturated/α-hetero) is 1. The molecule has 1 unspecified atom stereocenters. The molecule has 1 aliphatic rings. The molecule has 86 valence electrons. The number of halogens is 3. The highest BCUT2D eigenvalue weighted by molar-refractivity contribution is 6.40. The fraction of sp³-hybridized carbons (Fsp3) is 0.750. The molecule has 0 aromatic carbocycles. The molecule has 0 aromatic heterocycles. The summed E-state index contributed by atoms with van der Waals surface area (Å²) in [5.74, 6) is -2.61. The summed E-state index contributed by atoms with van der Waals surface area (Å²) in [5, 5.41) is 0.716. The second-order valence-corrected chi connectivity index (χ2v) is 4.28. The van der Waals surface area contributed by atoms with E-state index in [0.29, 0.717) is 5.01 Å². The summed E-state index contributed by atoms with van der Waals surface area (Å²) < 4.78 is 36.9. The van der Waals surface area contributed by atoms with Crippen LogP contribution in [0, 0.1) is 0 Å². The molecule has 0 saturated carbocycles. The quantitative estimate of drug-likeness (QED) is 0.614. The third-order valence-electron chi connectivity index (χ3n) is 1.93. The van der Waals surface area contributed by atoms with E-state index >= 15 is 0 Å². The lowest BCUT2D eigenvalue weighted by atomic mass is 10.1. The number of rotatable bonds is 0. The average molecular weight is 224 g/mol. The summed E-state index contributed by atoms with van der Waals surface area (Å²) in [6, 6.07) is -2.41. The normalized spacial score (nSPS) is 23.9. The summed E-state index contributed by atoms with van der Waals surface area (Å²) in [6.45, 7) is 4.60. The Balaban J connectivity index is 2.97. The molecule has 1 amide bonds. The van der Waals surface area contributed by atoms with E-state index < -0.39 is 29.4 Å². The maximum atomic E-state index is 12.3. The van der Waals surface area contributed by atoms with Gasteiger partial charge in [-0.05, 0) is 20.8 Å². The van der Waals surface area contributed by atoms with Crippen molar-refractivity contribution in [2.45, 2.75) is 38.5 Å². The van der Waals surface area contributed by atoms with Crippen molar-refractivity contribution in [3.63, 3.8) is 0 Å². The highest BCUT2D eigenvalue weighted by atomic mass is 19.4. The van der Waals surface area contributed by atoms with Crippen LogP contribution in [0.4, 0.5) is 13.2 Å². The monoisotopic (exact) mass is 224 g/mol. The van der Waals surface area contributed by atoms with Crippen molar-refractivity contribution in [2.24, 2.45) is 0 Å². The molecule has 15 heavy (non-hydrogen) atoms. The van der Waals surface area contributed by atoms with Gasteiger partial charge in [0.25, 0.3) is 0 Å². The van der Waals surface area contributed by atoms with Gasteiger partial charge in [0.05, 0.1) is 5.54 Å². The van der Waals surface area contributed by atoms with Crippen molar-refractivity contribution < 1.29 is 22.8 Å². The topological polar surface area (TPSA) is 49.4 Å². The molecule has 0 radical (unpaired) electrons. The van der Waals surface area contributed by atoms with Crippen molar-refractivity contribution >= 4 is 11.7 Å². The van der Waals surface area contributed by atoms with Crippen LogP contribution in [0.2, 0.25) is 0 Å². The molecule has 7 heteroatoms. The number of hydrogen-bond donors (Lipinski definition) is 1. The zero-order chi connectivity index (χ0) is 12.0. The van der Waals surface area contributed by atoms with Crippen LogP contribution in [0.15, 0.2) is 0 Å². The van der Waals surface area contributed by atoms with Gasteiger partial charge in [0.2, 0.25) is 5.78 Å². The van der Waals surface area contributed by atoms with E-state index in [1.54, 1.807) is 0 Å². The number of carbonyl (C=O) groups is 2. The Morgan fingerprint density at radius 2 is 1.67 bits per heavy atom. The molecule has 1 atom stereocenters. The molecule has 1 heterocycles. The predicted molar refractivity (Wildman–Crippen MR) is 44.6 cm³/mol. The number of carbonyl (C=O) groups excluding carboxylic acids is 2. The molecule has 1 N–H and O–H groups in total. The molecule has 0 aromatic rings. The summed E-state index contributed by atoms with van der Waals surface area (Å²) >= 11 is 0. The Morgan fingerprint density at radius 3 is 1.87 bits per heavy atom. The second kappa shape index (κ2) is 3.19. The molecular formula is C8H11F3N2O2. The van der Waals surface area contributed by atoms with E-state index in [-0.39, 0.29) is 0 Å². The first-order valence-corrected chi connectivity index (χ1v) is 4.26. The number of hydrogen-bond acceptors (Lipinski definition) is 3. The van der Waals surface area contributed by atoms with Gasteiger partial charge < -0.3 is 0 Å². The van der Waals surface area contributed by atoms with Crippen LogP contribution in [0.3, 0.4) is 0 Å². The first-order chi connectivity index (χ1) is 6.55. The minimum atomic E-state index is -4.74. The van der Waals surface area contributed by atoms with Crippen molar-refractivity contribution in [3.8, 4) is 0 Å². The van der Waals surface area contributed by atoms with Gasteiger partial charge >= 0.3 is 12.1 Å². The highest BCUT2D eigenvalue weighted by Crippen LogP contribution is 2.27.